The lowest BCUT2D eigenvalue weighted by Crippen LogP contribution is -2.20. The summed E-state index contributed by atoms with van der Waals surface area (Å²) in [5, 5.41) is 0. The zero-order chi connectivity index (χ0) is 42.1. The van der Waals surface area contributed by atoms with Crippen molar-refractivity contribution in [3.63, 3.8) is 0 Å². The largest absolute Gasteiger partial charge is 0.460 e. The number of rotatable bonds is 14. The van der Waals surface area contributed by atoms with Crippen LogP contribution in [-0.4, -0.2) is 6.54 Å². The minimum absolute atomic E-state index is 0.701. The molecule has 0 unspecified atom stereocenters. The van der Waals surface area contributed by atoms with Gasteiger partial charge in [0.2, 0.25) is 0 Å². The van der Waals surface area contributed by atoms with Crippen molar-refractivity contribution in [1.82, 2.24) is 0 Å². The minimum Gasteiger partial charge on any atom is -0.460 e. The topological polar surface area (TPSA) is 19.6 Å². The Morgan fingerprint density at radius 2 is 1.25 bits per heavy atom. The Hall–Kier alpha value is -7.36. The van der Waals surface area contributed by atoms with Crippen LogP contribution in [0.25, 0.3) is 46.1 Å². The molecule has 0 atom stereocenters. The summed E-state index contributed by atoms with van der Waals surface area (Å²) in [6.07, 6.45) is 16.5. The first-order chi connectivity index (χ1) is 29.9. The molecule has 3 heteroatoms. The zero-order valence-electron chi connectivity index (χ0n) is 35.4. The Balaban J connectivity index is 1.09. The van der Waals surface area contributed by atoms with Gasteiger partial charge in [0.05, 0.1) is 0 Å². The minimum atomic E-state index is 0.701. The van der Waals surface area contributed by atoms with Gasteiger partial charge in [-0.05, 0) is 133 Å². The van der Waals surface area contributed by atoms with Crippen molar-refractivity contribution in [2.75, 3.05) is 16.3 Å². The number of anilines is 4. The number of allylic oxidation sites excluding steroid dienone is 6. The molecule has 6 aromatic carbocycles. The Bertz CT molecular complexity index is 2670. The standard InChI is InChI=1S/C58H52N2O/c1-6-42(4)39-54-55-41-53(35-37-58(55)61-57(54)8-3)60(52-24-16-11-17-25-52)56-36-30-49(40-43(56)5)44(7-2)23-18-38-59(50-31-26-47(27-32-50)45-19-12-9-13-20-45)51-33-28-48(29-34-51)46-21-14-10-15-22-46/h6-34,36,39-41H,1,3,35,37-38H2,2,4-5H3/b23-18-,42-39-,44-7+. The molecule has 8 rings (SSSR count). The van der Waals surface area contributed by atoms with Gasteiger partial charge in [0.15, 0.2) is 0 Å². The van der Waals surface area contributed by atoms with Gasteiger partial charge in [0, 0.05) is 52.5 Å². The van der Waals surface area contributed by atoms with E-state index < -0.39 is 0 Å². The van der Waals surface area contributed by atoms with Gasteiger partial charge < -0.3 is 14.2 Å². The molecule has 3 nitrogen and oxygen atoms in total. The van der Waals surface area contributed by atoms with Gasteiger partial charge in [-0.25, -0.2) is 0 Å². The van der Waals surface area contributed by atoms with Crippen molar-refractivity contribution in [3.05, 3.63) is 240 Å². The van der Waals surface area contributed by atoms with Crippen LogP contribution in [0.15, 0.2) is 211 Å². The van der Waals surface area contributed by atoms with Gasteiger partial charge in [-0.15, -0.1) is 0 Å². The van der Waals surface area contributed by atoms with E-state index >= 15 is 0 Å². The van der Waals surface area contributed by atoms with E-state index in [2.05, 4.69) is 232 Å². The van der Waals surface area contributed by atoms with E-state index in [9.17, 15) is 0 Å². The molecule has 1 aromatic heterocycles. The van der Waals surface area contributed by atoms with E-state index in [-0.39, 0.29) is 0 Å². The van der Waals surface area contributed by atoms with Gasteiger partial charge >= 0.3 is 0 Å². The second-order valence-electron chi connectivity index (χ2n) is 15.4. The maximum Gasteiger partial charge on any atom is 0.134 e. The van der Waals surface area contributed by atoms with Crippen molar-refractivity contribution < 1.29 is 4.42 Å². The number of fused-ring (bicyclic) bond motifs is 1. The molecule has 61 heavy (non-hydrogen) atoms. The van der Waals surface area contributed by atoms with Crippen LogP contribution in [0.4, 0.5) is 22.7 Å². The number of furan rings is 1. The highest BCUT2D eigenvalue weighted by atomic mass is 16.3. The van der Waals surface area contributed by atoms with Crippen LogP contribution in [0, 0.1) is 6.92 Å². The first kappa shape index (κ1) is 40.4. The summed E-state index contributed by atoms with van der Waals surface area (Å²) in [6, 6.07) is 56.4. The third-order valence-corrected chi connectivity index (χ3v) is 11.4. The molecule has 1 aliphatic carbocycles. The van der Waals surface area contributed by atoms with Crippen LogP contribution in [0.2, 0.25) is 0 Å². The van der Waals surface area contributed by atoms with E-state index in [1.54, 1.807) is 0 Å². The Morgan fingerprint density at radius 1 is 0.672 bits per heavy atom. The second-order valence-corrected chi connectivity index (χ2v) is 15.4. The predicted octanol–water partition coefficient (Wildman–Crippen LogP) is 16.1. The molecule has 0 bridgehead atoms. The number of para-hydroxylation sites is 1. The number of aryl methyl sites for hydroxylation is 2. The summed E-state index contributed by atoms with van der Waals surface area (Å²) >= 11 is 0. The summed E-state index contributed by atoms with van der Waals surface area (Å²) in [5.41, 5.74) is 17.4. The smallest absolute Gasteiger partial charge is 0.134 e. The molecule has 0 fully saturated rings. The average molecular weight is 793 g/mol. The summed E-state index contributed by atoms with van der Waals surface area (Å²) in [5.74, 6) is 1.80. The van der Waals surface area contributed by atoms with Crippen molar-refractivity contribution in [2.24, 2.45) is 0 Å². The number of hydrogen-bond acceptors (Lipinski definition) is 3. The van der Waals surface area contributed by atoms with E-state index in [1.165, 1.54) is 44.7 Å². The fraction of sp³-hybridized carbons (Fsp3) is 0.103. The monoisotopic (exact) mass is 792 g/mol. The first-order valence-corrected chi connectivity index (χ1v) is 21.1. The van der Waals surface area contributed by atoms with Gasteiger partial charge in [0.1, 0.15) is 11.5 Å². The lowest BCUT2D eigenvalue weighted by Gasteiger charge is -2.31. The lowest BCUT2D eigenvalue weighted by atomic mass is 9.95. The fourth-order valence-corrected chi connectivity index (χ4v) is 8.17. The summed E-state index contributed by atoms with van der Waals surface area (Å²) in [7, 11) is 0. The highest BCUT2D eigenvalue weighted by Crippen LogP contribution is 2.41. The Kier molecular flexibility index (Phi) is 12.4. The molecule has 0 radical (unpaired) electrons. The average Bonchev–Trinajstić information content (AvgIpc) is 3.67. The fourth-order valence-electron chi connectivity index (χ4n) is 8.17. The molecule has 0 aliphatic heterocycles. The molecule has 0 N–H and O–H groups in total. The van der Waals surface area contributed by atoms with Gasteiger partial charge in [-0.1, -0.05) is 152 Å². The maximum absolute atomic E-state index is 6.31. The van der Waals surface area contributed by atoms with Crippen LogP contribution >= 0.6 is 0 Å². The van der Waals surface area contributed by atoms with Crippen molar-refractivity contribution in [2.45, 2.75) is 33.6 Å². The van der Waals surface area contributed by atoms with Crippen molar-refractivity contribution >= 4 is 46.6 Å². The SMILES string of the molecule is C=C/C(C)=C\c1c(C=C)oc2c1C=C(N(c1ccccc1)c1ccc(C(/C=C\CN(c3ccc(-c4ccccc4)cc3)c3ccc(-c4ccccc4)cc3)=C/C)cc1C)CC2. The Labute approximate surface area is 362 Å². The zero-order valence-corrected chi connectivity index (χ0v) is 35.4. The summed E-state index contributed by atoms with van der Waals surface area (Å²) in [4.78, 5) is 4.78. The van der Waals surface area contributed by atoms with Gasteiger partial charge in [-0.3, -0.25) is 0 Å². The highest BCUT2D eigenvalue weighted by Gasteiger charge is 2.25. The number of benzene rings is 6. The van der Waals surface area contributed by atoms with E-state index in [4.69, 9.17) is 4.42 Å². The highest BCUT2D eigenvalue weighted by molar-refractivity contribution is 5.83. The van der Waals surface area contributed by atoms with Crippen LogP contribution in [0.5, 0.6) is 0 Å². The third-order valence-electron chi connectivity index (χ3n) is 11.4. The van der Waals surface area contributed by atoms with Crippen LogP contribution in [0.3, 0.4) is 0 Å². The summed E-state index contributed by atoms with van der Waals surface area (Å²) < 4.78 is 6.31. The second kappa shape index (κ2) is 18.7. The van der Waals surface area contributed by atoms with E-state index in [0.29, 0.717) is 6.54 Å². The van der Waals surface area contributed by atoms with E-state index in [1.807, 2.05) is 12.2 Å². The summed E-state index contributed by atoms with van der Waals surface area (Å²) in [6.45, 7) is 15.1. The molecule has 1 aliphatic rings. The van der Waals surface area contributed by atoms with Crippen LogP contribution in [-0.2, 0) is 6.42 Å². The van der Waals surface area contributed by atoms with Crippen LogP contribution in [0.1, 0.15) is 54.0 Å². The molecule has 7 aromatic rings. The molecule has 0 saturated heterocycles. The predicted molar refractivity (Wildman–Crippen MR) is 262 cm³/mol. The number of hydrogen-bond donors (Lipinski definition) is 0. The molecule has 0 spiro atoms. The van der Waals surface area contributed by atoms with Gasteiger partial charge in [-0.2, -0.15) is 0 Å². The molecule has 0 saturated carbocycles. The quantitative estimate of drug-likeness (QED) is 0.102. The normalized spacial score (nSPS) is 12.8. The Morgan fingerprint density at radius 3 is 1.79 bits per heavy atom. The first-order valence-electron chi connectivity index (χ1n) is 21.1. The van der Waals surface area contributed by atoms with E-state index in [0.717, 1.165) is 63.8 Å². The molecular formula is C58H52N2O. The van der Waals surface area contributed by atoms with Crippen molar-refractivity contribution in [1.29, 1.82) is 0 Å². The molecule has 1 heterocycles. The van der Waals surface area contributed by atoms with Crippen LogP contribution < -0.4 is 9.80 Å². The molecule has 300 valence electrons. The molecular weight excluding hydrogens is 741 g/mol. The molecule has 0 amide bonds. The van der Waals surface area contributed by atoms with Crippen molar-refractivity contribution in [3.8, 4) is 22.3 Å². The number of nitrogens with zero attached hydrogens (tertiary/aromatic N) is 2. The third kappa shape index (κ3) is 8.98. The lowest BCUT2D eigenvalue weighted by molar-refractivity contribution is 0.496. The maximum atomic E-state index is 6.31. The van der Waals surface area contributed by atoms with Gasteiger partial charge in [0.25, 0.3) is 0 Å².